The minimum absolute atomic E-state index is 0.596. The van der Waals surface area contributed by atoms with Crippen LogP contribution in [0.5, 0.6) is 0 Å². The van der Waals surface area contributed by atoms with Gasteiger partial charge in [0.05, 0.1) is 13.2 Å². The number of benzene rings is 1. The van der Waals surface area contributed by atoms with Crippen molar-refractivity contribution in [1.29, 1.82) is 0 Å². The minimum Gasteiger partial charge on any atom is -0.378 e. The average molecular weight is 205 g/mol. The smallest absolute Gasteiger partial charge is 0.0622 e. The van der Waals surface area contributed by atoms with Gasteiger partial charge in [-0.1, -0.05) is 37.3 Å². The van der Waals surface area contributed by atoms with Crippen molar-refractivity contribution in [1.82, 2.24) is 4.90 Å². The van der Waals surface area contributed by atoms with Gasteiger partial charge in [0.25, 0.3) is 0 Å². The van der Waals surface area contributed by atoms with E-state index in [1.807, 2.05) is 0 Å². The zero-order chi connectivity index (χ0) is 10.5. The predicted octanol–water partition coefficient (Wildman–Crippen LogP) is 2.30. The highest BCUT2D eigenvalue weighted by atomic mass is 16.5. The molecule has 2 nitrogen and oxygen atoms in total. The molecular formula is C13H19NO. The summed E-state index contributed by atoms with van der Waals surface area (Å²) in [6, 6.07) is 11.3. The maximum atomic E-state index is 5.50. The first kappa shape index (κ1) is 10.7. The monoisotopic (exact) mass is 205 g/mol. The van der Waals surface area contributed by atoms with E-state index in [9.17, 15) is 0 Å². The van der Waals surface area contributed by atoms with E-state index in [1.54, 1.807) is 0 Å². The van der Waals surface area contributed by atoms with Crippen molar-refractivity contribution in [3.8, 4) is 0 Å². The van der Waals surface area contributed by atoms with Crippen molar-refractivity contribution in [3.05, 3.63) is 35.9 Å². The van der Waals surface area contributed by atoms with Crippen molar-refractivity contribution in [2.45, 2.75) is 25.9 Å². The molecule has 1 aliphatic heterocycles. The standard InChI is InChI=1S/C13H19NO/c1-2-13-11-15-9-8-14(13)10-12-6-4-3-5-7-12/h3-7,13H,2,8-11H2,1H3. The van der Waals surface area contributed by atoms with Gasteiger partial charge in [0, 0.05) is 19.1 Å². The fourth-order valence-electron chi connectivity index (χ4n) is 2.09. The van der Waals surface area contributed by atoms with Gasteiger partial charge in [0.2, 0.25) is 0 Å². The van der Waals surface area contributed by atoms with Crippen LogP contribution in [-0.2, 0) is 11.3 Å². The van der Waals surface area contributed by atoms with Crippen LogP contribution < -0.4 is 0 Å². The molecule has 0 N–H and O–H groups in total. The van der Waals surface area contributed by atoms with Gasteiger partial charge in [0.1, 0.15) is 0 Å². The van der Waals surface area contributed by atoms with E-state index >= 15 is 0 Å². The Kier molecular flexibility index (Phi) is 3.75. The van der Waals surface area contributed by atoms with Gasteiger partial charge < -0.3 is 4.74 Å². The number of hydrogen-bond acceptors (Lipinski definition) is 2. The molecule has 2 rings (SSSR count). The highest BCUT2D eigenvalue weighted by Crippen LogP contribution is 2.14. The van der Waals surface area contributed by atoms with Crippen LogP contribution in [0, 0.1) is 0 Å². The number of ether oxygens (including phenoxy) is 1. The van der Waals surface area contributed by atoms with Crippen molar-refractivity contribution in [3.63, 3.8) is 0 Å². The van der Waals surface area contributed by atoms with Crippen LogP contribution in [-0.4, -0.2) is 30.7 Å². The first-order valence-corrected chi connectivity index (χ1v) is 5.76. The zero-order valence-electron chi connectivity index (χ0n) is 9.36. The Hall–Kier alpha value is -0.860. The van der Waals surface area contributed by atoms with Crippen LogP contribution >= 0.6 is 0 Å². The Morgan fingerprint density at radius 3 is 2.87 bits per heavy atom. The largest absolute Gasteiger partial charge is 0.378 e. The molecule has 1 unspecified atom stereocenters. The summed E-state index contributed by atoms with van der Waals surface area (Å²) in [4.78, 5) is 2.53. The van der Waals surface area contributed by atoms with Crippen LogP contribution in [0.2, 0.25) is 0 Å². The molecule has 1 aromatic rings. The van der Waals surface area contributed by atoms with Gasteiger partial charge in [-0.2, -0.15) is 0 Å². The SMILES string of the molecule is CCC1COCCN1Cc1ccccc1. The zero-order valence-corrected chi connectivity index (χ0v) is 9.36. The molecule has 0 amide bonds. The van der Waals surface area contributed by atoms with E-state index < -0.39 is 0 Å². The summed E-state index contributed by atoms with van der Waals surface area (Å²) < 4.78 is 5.50. The summed E-state index contributed by atoms with van der Waals surface area (Å²) in [5.74, 6) is 0. The lowest BCUT2D eigenvalue weighted by molar-refractivity contribution is -0.0127. The van der Waals surface area contributed by atoms with E-state index in [2.05, 4.69) is 42.2 Å². The van der Waals surface area contributed by atoms with Gasteiger partial charge in [-0.3, -0.25) is 4.90 Å². The summed E-state index contributed by atoms with van der Waals surface area (Å²) in [6.07, 6.45) is 1.17. The van der Waals surface area contributed by atoms with Crippen molar-refractivity contribution in [2.24, 2.45) is 0 Å². The number of hydrogen-bond donors (Lipinski definition) is 0. The second-order valence-corrected chi connectivity index (χ2v) is 4.09. The Morgan fingerprint density at radius 1 is 1.33 bits per heavy atom. The Morgan fingerprint density at radius 2 is 2.13 bits per heavy atom. The van der Waals surface area contributed by atoms with E-state index in [1.165, 1.54) is 12.0 Å². The molecule has 0 aliphatic carbocycles. The summed E-state index contributed by atoms with van der Waals surface area (Å²) in [5, 5.41) is 0. The van der Waals surface area contributed by atoms with Crippen molar-refractivity contribution in [2.75, 3.05) is 19.8 Å². The Bertz CT molecular complexity index is 286. The van der Waals surface area contributed by atoms with Crippen molar-refractivity contribution < 1.29 is 4.74 Å². The average Bonchev–Trinajstić information content (AvgIpc) is 2.31. The maximum absolute atomic E-state index is 5.50. The molecule has 2 heteroatoms. The quantitative estimate of drug-likeness (QED) is 0.750. The third kappa shape index (κ3) is 2.80. The van der Waals surface area contributed by atoms with E-state index in [-0.39, 0.29) is 0 Å². The van der Waals surface area contributed by atoms with Crippen LogP contribution in [0.3, 0.4) is 0 Å². The lowest BCUT2D eigenvalue weighted by Crippen LogP contribution is -2.44. The molecule has 1 heterocycles. The second kappa shape index (κ2) is 5.29. The summed E-state index contributed by atoms with van der Waals surface area (Å²) in [6.45, 7) is 6.13. The highest BCUT2D eigenvalue weighted by Gasteiger charge is 2.20. The fraction of sp³-hybridized carbons (Fsp3) is 0.538. The van der Waals surface area contributed by atoms with E-state index in [0.717, 1.165) is 26.3 Å². The highest BCUT2D eigenvalue weighted by molar-refractivity contribution is 5.14. The third-order valence-electron chi connectivity index (χ3n) is 3.05. The summed E-state index contributed by atoms with van der Waals surface area (Å²) in [5.41, 5.74) is 1.40. The van der Waals surface area contributed by atoms with Crippen molar-refractivity contribution >= 4 is 0 Å². The number of rotatable bonds is 3. The molecule has 0 radical (unpaired) electrons. The molecule has 1 fully saturated rings. The predicted molar refractivity (Wildman–Crippen MR) is 61.8 cm³/mol. The minimum atomic E-state index is 0.596. The first-order chi connectivity index (χ1) is 7.40. The normalized spacial score (nSPS) is 22.9. The van der Waals surface area contributed by atoms with Gasteiger partial charge in [-0.25, -0.2) is 0 Å². The van der Waals surface area contributed by atoms with E-state index in [4.69, 9.17) is 4.74 Å². The molecule has 0 bridgehead atoms. The third-order valence-corrected chi connectivity index (χ3v) is 3.05. The Labute approximate surface area is 91.9 Å². The summed E-state index contributed by atoms with van der Waals surface area (Å²) in [7, 11) is 0. The molecule has 1 atom stereocenters. The molecule has 0 saturated carbocycles. The second-order valence-electron chi connectivity index (χ2n) is 4.09. The first-order valence-electron chi connectivity index (χ1n) is 5.76. The van der Waals surface area contributed by atoms with Crippen LogP contribution in [0.4, 0.5) is 0 Å². The van der Waals surface area contributed by atoms with Crippen LogP contribution in [0.15, 0.2) is 30.3 Å². The van der Waals surface area contributed by atoms with Gasteiger partial charge in [0.15, 0.2) is 0 Å². The van der Waals surface area contributed by atoms with Crippen LogP contribution in [0.25, 0.3) is 0 Å². The topological polar surface area (TPSA) is 12.5 Å². The summed E-state index contributed by atoms with van der Waals surface area (Å²) >= 11 is 0. The molecule has 0 aromatic heterocycles. The molecule has 1 aliphatic rings. The number of morpholine rings is 1. The fourth-order valence-corrected chi connectivity index (χ4v) is 2.09. The Balaban J connectivity index is 1.97. The molecule has 15 heavy (non-hydrogen) atoms. The molecule has 82 valence electrons. The molecule has 1 aromatic carbocycles. The molecular weight excluding hydrogens is 186 g/mol. The lowest BCUT2D eigenvalue weighted by atomic mass is 10.1. The van der Waals surface area contributed by atoms with Crippen LogP contribution in [0.1, 0.15) is 18.9 Å². The van der Waals surface area contributed by atoms with Gasteiger partial charge >= 0.3 is 0 Å². The maximum Gasteiger partial charge on any atom is 0.0622 e. The van der Waals surface area contributed by atoms with E-state index in [0.29, 0.717) is 6.04 Å². The van der Waals surface area contributed by atoms with Gasteiger partial charge in [-0.15, -0.1) is 0 Å². The molecule has 0 spiro atoms. The lowest BCUT2D eigenvalue weighted by Gasteiger charge is -2.35. The number of nitrogens with zero attached hydrogens (tertiary/aromatic N) is 1. The molecule has 1 saturated heterocycles. The van der Waals surface area contributed by atoms with Gasteiger partial charge in [-0.05, 0) is 12.0 Å².